The zero-order valence-electron chi connectivity index (χ0n) is 11.0. The van der Waals surface area contributed by atoms with Crippen molar-refractivity contribution in [2.45, 2.75) is 65.4 Å². The summed E-state index contributed by atoms with van der Waals surface area (Å²) in [5, 5.41) is 0. The number of ether oxygens (including phenoxy) is 2. The van der Waals surface area contributed by atoms with Gasteiger partial charge in [-0.25, -0.2) is 4.79 Å². The molecule has 0 bridgehead atoms. The normalized spacial score (nSPS) is 12.4. The van der Waals surface area contributed by atoms with Crippen molar-refractivity contribution in [1.29, 1.82) is 0 Å². The summed E-state index contributed by atoms with van der Waals surface area (Å²) in [4.78, 5) is 11.4. The summed E-state index contributed by atoms with van der Waals surface area (Å²) in [6.07, 6.45) is 6.34. The van der Waals surface area contributed by atoms with Crippen LogP contribution in [-0.2, 0) is 14.3 Å². The highest BCUT2D eigenvalue weighted by atomic mass is 16.6. The second-order valence-corrected chi connectivity index (χ2v) is 3.93. The predicted octanol–water partition coefficient (Wildman–Crippen LogP) is 3.32. The summed E-state index contributed by atoms with van der Waals surface area (Å²) < 4.78 is 10.4. The number of unbranched alkanes of at least 4 members (excludes halogenated alkanes) is 4. The van der Waals surface area contributed by atoms with Gasteiger partial charge in [-0.15, -0.1) is 0 Å². The van der Waals surface area contributed by atoms with Crippen LogP contribution in [0.3, 0.4) is 0 Å². The third-order valence-electron chi connectivity index (χ3n) is 2.49. The van der Waals surface area contributed by atoms with Crippen molar-refractivity contribution in [1.82, 2.24) is 0 Å². The molecule has 0 fully saturated rings. The highest BCUT2D eigenvalue weighted by Crippen LogP contribution is 2.06. The van der Waals surface area contributed by atoms with Crippen molar-refractivity contribution in [3.63, 3.8) is 0 Å². The van der Waals surface area contributed by atoms with Gasteiger partial charge in [0.2, 0.25) is 0 Å². The van der Waals surface area contributed by atoms with E-state index in [-0.39, 0.29) is 12.1 Å². The maximum absolute atomic E-state index is 11.4. The van der Waals surface area contributed by atoms with Crippen molar-refractivity contribution >= 4 is 5.97 Å². The zero-order valence-corrected chi connectivity index (χ0v) is 11.0. The second kappa shape index (κ2) is 10.9. The number of hydrogen-bond acceptors (Lipinski definition) is 3. The third kappa shape index (κ3) is 7.69. The van der Waals surface area contributed by atoms with Crippen molar-refractivity contribution in [2.24, 2.45) is 0 Å². The van der Waals surface area contributed by atoms with Gasteiger partial charge in [-0.1, -0.05) is 39.5 Å². The molecule has 0 saturated heterocycles. The van der Waals surface area contributed by atoms with Crippen molar-refractivity contribution in [2.75, 3.05) is 13.2 Å². The summed E-state index contributed by atoms with van der Waals surface area (Å²) >= 11 is 0. The molecule has 0 aromatic rings. The van der Waals surface area contributed by atoms with E-state index in [0.717, 1.165) is 6.42 Å². The lowest BCUT2D eigenvalue weighted by atomic mass is 10.2. The average molecular weight is 230 g/mol. The lowest BCUT2D eigenvalue weighted by Crippen LogP contribution is -2.26. The number of carbonyl (C=O) groups is 1. The minimum Gasteiger partial charge on any atom is -0.464 e. The smallest absolute Gasteiger partial charge is 0.335 e. The fourth-order valence-corrected chi connectivity index (χ4v) is 1.52. The first-order valence-electron chi connectivity index (χ1n) is 6.54. The molecule has 0 aromatic carbocycles. The van der Waals surface area contributed by atoms with E-state index in [2.05, 4.69) is 6.92 Å². The van der Waals surface area contributed by atoms with Gasteiger partial charge in [0.1, 0.15) is 0 Å². The largest absolute Gasteiger partial charge is 0.464 e. The van der Waals surface area contributed by atoms with E-state index < -0.39 is 0 Å². The molecule has 3 nitrogen and oxygen atoms in total. The highest BCUT2D eigenvalue weighted by molar-refractivity contribution is 5.74. The first kappa shape index (κ1) is 15.4. The van der Waals surface area contributed by atoms with Crippen LogP contribution in [0.1, 0.15) is 59.3 Å². The molecule has 96 valence electrons. The van der Waals surface area contributed by atoms with Crippen LogP contribution in [0.2, 0.25) is 0 Å². The quantitative estimate of drug-likeness (QED) is 0.426. The maximum Gasteiger partial charge on any atom is 0.335 e. The van der Waals surface area contributed by atoms with Gasteiger partial charge >= 0.3 is 5.97 Å². The molecule has 0 amide bonds. The number of carbonyl (C=O) groups excluding carboxylic acids is 1. The average Bonchev–Trinajstić information content (AvgIpc) is 2.28. The van der Waals surface area contributed by atoms with Crippen LogP contribution in [-0.4, -0.2) is 25.3 Å². The Morgan fingerprint density at radius 3 is 2.31 bits per heavy atom. The SMILES string of the molecule is CCCCCCCOC(CC)C(=O)OCC. The van der Waals surface area contributed by atoms with E-state index >= 15 is 0 Å². The summed E-state index contributed by atoms with van der Waals surface area (Å²) in [6, 6.07) is 0. The molecule has 0 aliphatic heterocycles. The van der Waals surface area contributed by atoms with Crippen molar-refractivity contribution < 1.29 is 14.3 Å². The van der Waals surface area contributed by atoms with E-state index in [9.17, 15) is 4.79 Å². The van der Waals surface area contributed by atoms with Gasteiger partial charge in [0, 0.05) is 6.61 Å². The van der Waals surface area contributed by atoms with Gasteiger partial charge < -0.3 is 9.47 Å². The Labute approximate surface area is 99.5 Å². The highest BCUT2D eigenvalue weighted by Gasteiger charge is 2.17. The summed E-state index contributed by atoms with van der Waals surface area (Å²) in [7, 11) is 0. The predicted molar refractivity (Wildman–Crippen MR) is 65.4 cm³/mol. The van der Waals surface area contributed by atoms with Crippen LogP contribution in [0.25, 0.3) is 0 Å². The lowest BCUT2D eigenvalue weighted by Gasteiger charge is -2.14. The van der Waals surface area contributed by atoms with E-state index in [1.165, 1.54) is 25.7 Å². The fourth-order valence-electron chi connectivity index (χ4n) is 1.52. The van der Waals surface area contributed by atoms with Crippen LogP contribution >= 0.6 is 0 Å². The Kier molecular flexibility index (Phi) is 10.5. The molecular formula is C13H26O3. The summed E-state index contributed by atoms with van der Waals surface area (Å²) in [5.41, 5.74) is 0. The first-order valence-corrected chi connectivity index (χ1v) is 6.54. The van der Waals surface area contributed by atoms with Crippen LogP contribution in [0, 0.1) is 0 Å². The molecule has 0 heterocycles. The molecule has 0 rings (SSSR count). The Balaban J connectivity index is 3.51. The first-order chi connectivity index (χ1) is 7.76. The standard InChI is InChI=1S/C13H26O3/c1-4-7-8-9-10-11-16-12(5-2)13(14)15-6-3/h12H,4-11H2,1-3H3. The van der Waals surface area contributed by atoms with Gasteiger partial charge in [-0.05, 0) is 19.8 Å². The third-order valence-corrected chi connectivity index (χ3v) is 2.49. The van der Waals surface area contributed by atoms with Crippen LogP contribution in [0.4, 0.5) is 0 Å². The van der Waals surface area contributed by atoms with Gasteiger partial charge in [0.05, 0.1) is 6.61 Å². The van der Waals surface area contributed by atoms with Crippen LogP contribution in [0.5, 0.6) is 0 Å². The molecule has 1 unspecified atom stereocenters. The minimum absolute atomic E-state index is 0.224. The fraction of sp³-hybridized carbons (Fsp3) is 0.923. The van der Waals surface area contributed by atoms with Gasteiger partial charge in [0.25, 0.3) is 0 Å². The number of esters is 1. The maximum atomic E-state index is 11.4. The molecule has 0 aromatic heterocycles. The molecule has 1 atom stereocenters. The molecular weight excluding hydrogens is 204 g/mol. The van der Waals surface area contributed by atoms with Crippen LogP contribution < -0.4 is 0 Å². The molecule has 0 aliphatic carbocycles. The molecule has 3 heteroatoms. The topological polar surface area (TPSA) is 35.5 Å². The summed E-state index contributed by atoms with van der Waals surface area (Å²) in [5.74, 6) is -0.224. The van der Waals surface area contributed by atoms with Crippen molar-refractivity contribution in [3.8, 4) is 0 Å². The van der Waals surface area contributed by atoms with Gasteiger partial charge in [0.15, 0.2) is 6.10 Å². The molecule has 0 spiro atoms. The van der Waals surface area contributed by atoms with E-state index in [1.54, 1.807) is 0 Å². The monoisotopic (exact) mass is 230 g/mol. The van der Waals surface area contributed by atoms with Gasteiger partial charge in [-0.3, -0.25) is 0 Å². The molecule has 16 heavy (non-hydrogen) atoms. The Morgan fingerprint density at radius 2 is 1.75 bits per heavy atom. The van der Waals surface area contributed by atoms with E-state index in [0.29, 0.717) is 19.6 Å². The van der Waals surface area contributed by atoms with E-state index in [1.807, 2.05) is 13.8 Å². The van der Waals surface area contributed by atoms with Crippen molar-refractivity contribution in [3.05, 3.63) is 0 Å². The number of rotatable bonds is 10. The molecule has 0 radical (unpaired) electrons. The molecule has 0 aliphatic rings. The minimum atomic E-state index is -0.369. The number of hydrogen-bond donors (Lipinski definition) is 0. The van der Waals surface area contributed by atoms with E-state index in [4.69, 9.17) is 9.47 Å². The molecule has 0 saturated carbocycles. The second-order valence-electron chi connectivity index (χ2n) is 3.93. The molecule has 0 N–H and O–H groups in total. The Bertz CT molecular complexity index is 169. The van der Waals surface area contributed by atoms with Crippen LogP contribution in [0.15, 0.2) is 0 Å². The summed E-state index contributed by atoms with van der Waals surface area (Å²) in [6.45, 7) is 7.05. The Hall–Kier alpha value is -0.570. The Morgan fingerprint density at radius 1 is 1.06 bits per heavy atom. The lowest BCUT2D eigenvalue weighted by molar-refractivity contribution is -0.157. The zero-order chi connectivity index (χ0) is 12.2. The van der Waals surface area contributed by atoms with Gasteiger partial charge in [-0.2, -0.15) is 0 Å².